The van der Waals surface area contributed by atoms with Crippen molar-refractivity contribution in [3.8, 4) is 0 Å². The smallest absolute Gasteiger partial charge is 0.253 e. The largest absolute Gasteiger partial charge is 0.379 e. The topological polar surface area (TPSA) is 106 Å². The number of carbonyl (C=O) groups excluding carboxylic acids is 3. The third-order valence-corrected chi connectivity index (χ3v) is 3.58. The van der Waals surface area contributed by atoms with Crippen LogP contribution in [0.15, 0.2) is 12.2 Å². The van der Waals surface area contributed by atoms with Gasteiger partial charge in [-0.25, -0.2) is 5.43 Å². The predicted molar refractivity (Wildman–Crippen MR) is 98.5 cm³/mol. The van der Waals surface area contributed by atoms with Gasteiger partial charge in [0.2, 0.25) is 5.91 Å². The lowest BCUT2D eigenvalue weighted by atomic mass is 9.96. The lowest BCUT2D eigenvalue weighted by Gasteiger charge is -2.17. The zero-order chi connectivity index (χ0) is 20.1. The Morgan fingerprint density at radius 1 is 0.926 bits per heavy atom. The fourth-order valence-corrected chi connectivity index (χ4v) is 1.94. The molecule has 1 heterocycles. The number of hydrogen-bond acceptors (Lipinski definition) is 7. The molecule has 0 unspecified atom stereocenters. The van der Waals surface area contributed by atoms with E-state index < -0.39 is 5.41 Å². The van der Waals surface area contributed by atoms with Crippen molar-refractivity contribution >= 4 is 17.7 Å². The SMILES string of the molecule is CC(C)(C)C(=O)NNCCCOCCOCCOCCN1C(=O)C=CC1=O. The van der Waals surface area contributed by atoms with Gasteiger partial charge < -0.3 is 14.2 Å². The molecule has 9 nitrogen and oxygen atoms in total. The molecule has 1 rings (SSSR count). The number of rotatable bonds is 14. The third-order valence-electron chi connectivity index (χ3n) is 3.58. The van der Waals surface area contributed by atoms with E-state index in [4.69, 9.17) is 14.2 Å². The molecule has 3 amide bonds. The number of imide groups is 1. The first-order valence-corrected chi connectivity index (χ1v) is 9.12. The Bertz CT molecular complexity index is 498. The van der Waals surface area contributed by atoms with Crippen molar-refractivity contribution in [3.63, 3.8) is 0 Å². The Morgan fingerprint density at radius 3 is 2.00 bits per heavy atom. The Balaban J connectivity index is 1.80. The van der Waals surface area contributed by atoms with Gasteiger partial charge in [0.05, 0.1) is 39.6 Å². The van der Waals surface area contributed by atoms with Crippen LogP contribution in [0.2, 0.25) is 0 Å². The van der Waals surface area contributed by atoms with Crippen LogP contribution < -0.4 is 10.9 Å². The minimum Gasteiger partial charge on any atom is -0.379 e. The maximum atomic E-state index is 11.6. The molecule has 0 saturated carbocycles. The van der Waals surface area contributed by atoms with E-state index in [-0.39, 0.29) is 30.9 Å². The molecule has 0 aromatic carbocycles. The van der Waals surface area contributed by atoms with Gasteiger partial charge in [-0.3, -0.25) is 24.7 Å². The fourth-order valence-electron chi connectivity index (χ4n) is 1.94. The Hall–Kier alpha value is -1.81. The van der Waals surface area contributed by atoms with Gasteiger partial charge in [0.1, 0.15) is 0 Å². The standard InChI is InChI=1S/C18H31N3O6/c1-18(2,3)17(24)20-19-7-4-9-25-11-13-27-14-12-26-10-8-21-15(22)5-6-16(21)23/h5-6,19H,4,7-14H2,1-3H3,(H,20,24). The van der Waals surface area contributed by atoms with Crippen molar-refractivity contribution in [2.75, 3.05) is 52.7 Å². The van der Waals surface area contributed by atoms with Crippen LogP contribution in [0.3, 0.4) is 0 Å². The number of nitrogens with zero attached hydrogens (tertiary/aromatic N) is 1. The maximum Gasteiger partial charge on any atom is 0.253 e. The van der Waals surface area contributed by atoms with Crippen LogP contribution in [0.4, 0.5) is 0 Å². The van der Waals surface area contributed by atoms with Gasteiger partial charge in [-0.05, 0) is 6.42 Å². The van der Waals surface area contributed by atoms with Crippen molar-refractivity contribution in [1.29, 1.82) is 0 Å². The van der Waals surface area contributed by atoms with Crippen LogP contribution in [-0.2, 0) is 28.6 Å². The summed E-state index contributed by atoms with van der Waals surface area (Å²) < 4.78 is 16.1. The lowest BCUT2D eigenvalue weighted by Crippen LogP contribution is -2.44. The highest BCUT2D eigenvalue weighted by Crippen LogP contribution is 2.11. The van der Waals surface area contributed by atoms with E-state index >= 15 is 0 Å². The second-order valence-electron chi connectivity index (χ2n) is 6.98. The first-order chi connectivity index (χ1) is 12.8. The molecule has 0 atom stereocenters. The molecular formula is C18H31N3O6. The minimum absolute atomic E-state index is 0.0469. The van der Waals surface area contributed by atoms with Crippen molar-refractivity contribution in [2.45, 2.75) is 27.2 Å². The maximum absolute atomic E-state index is 11.6. The molecule has 0 saturated heterocycles. The van der Waals surface area contributed by atoms with E-state index in [0.29, 0.717) is 39.6 Å². The molecule has 0 bridgehead atoms. The van der Waals surface area contributed by atoms with Gasteiger partial charge >= 0.3 is 0 Å². The van der Waals surface area contributed by atoms with Gasteiger partial charge in [0.25, 0.3) is 11.8 Å². The highest BCUT2D eigenvalue weighted by Gasteiger charge is 2.22. The summed E-state index contributed by atoms with van der Waals surface area (Å²) in [5.74, 6) is -0.651. The number of hydrazine groups is 1. The molecule has 0 spiro atoms. The zero-order valence-electron chi connectivity index (χ0n) is 16.4. The quantitative estimate of drug-likeness (QED) is 0.247. The average molecular weight is 385 g/mol. The van der Waals surface area contributed by atoms with Gasteiger partial charge in [-0.2, -0.15) is 0 Å². The number of carbonyl (C=O) groups is 3. The van der Waals surface area contributed by atoms with E-state index in [1.165, 1.54) is 12.2 Å². The van der Waals surface area contributed by atoms with Crippen LogP contribution in [0, 0.1) is 5.41 Å². The first kappa shape index (κ1) is 23.2. The van der Waals surface area contributed by atoms with Crippen LogP contribution in [0.1, 0.15) is 27.2 Å². The van der Waals surface area contributed by atoms with Crippen molar-refractivity contribution in [2.24, 2.45) is 5.41 Å². The van der Waals surface area contributed by atoms with Gasteiger partial charge in [0, 0.05) is 30.7 Å². The summed E-state index contributed by atoms with van der Waals surface area (Å²) in [5, 5.41) is 0. The summed E-state index contributed by atoms with van der Waals surface area (Å²) >= 11 is 0. The minimum atomic E-state index is -0.412. The molecular weight excluding hydrogens is 354 g/mol. The Morgan fingerprint density at radius 2 is 1.44 bits per heavy atom. The summed E-state index contributed by atoms with van der Waals surface area (Å²) in [6, 6.07) is 0. The third kappa shape index (κ3) is 10.2. The summed E-state index contributed by atoms with van der Waals surface area (Å²) in [4.78, 5) is 35.3. The first-order valence-electron chi connectivity index (χ1n) is 9.12. The number of hydrogen-bond donors (Lipinski definition) is 2. The summed E-state index contributed by atoms with van der Waals surface area (Å²) in [6.07, 6.45) is 3.28. The van der Waals surface area contributed by atoms with E-state index in [1.54, 1.807) is 0 Å². The number of amides is 3. The average Bonchev–Trinajstić information content (AvgIpc) is 2.92. The van der Waals surface area contributed by atoms with E-state index in [0.717, 1.165) is 11.3 Å². The summed E-state index contributed by atoms with van der Waals surface area (Å²) in [6.45, 7) is 9.06. The summed E-state index contributed by atoms with van der Waals surface area (Å²) in [7, 11) is 0. The van der Waals surface area contributed by atoms with Gasteiger partial charge in [-0.15, -0.1) is 0 Å². The van der Waals surface area contributed by atoms with E-state index in [1.807, 2.05) is 20.8 Å². The second-order valence-corrected chi connectivity index (χ2v) is 6.98. The molecule has 27 heavy (non-hydrogen) atoms. The molecule has 1 aliphatic rings. The van der Waals surface area contributed by atoms with Crippen LogP contribution in [0.5, 0.6) is 0 Å². The molecule has 0 radical (unpaired) electrons. The Labute approximate surface area is 160 Å². The van der Waals surface area contributed by atoms with Crippen molar-refractivity contribution in [1.82, 2.24) is 15.8 Å². The van der Waals surface area contributed by atoms with Gasteiger partial charge in [0.15, 0.2) is 0 Å². The van der Waals surface area contributed by atoms with Crippen LogP contribution >= 0.6 is 0 Å². The monoisotopic (exact) mass is 385 g/mol. The highest BCUT2D eigenvalue weighted by atomic mass is 16.5. The van der Waals surface area contributed by atoms with Crippen molar-refractivity contribution < 1.29 is 28.6 Å². The van der Waals surface area contributed by atoms with Crippen molar-refractivity contribution in [3.05, 3.63) is 12.2 Å². The molecule has 0 fully saturated rings. The molecule has 2 N–H and O–H groups in total. The van der Waals surface area contributed by atoms with Crippen LogP contribution in [-0.4, -0.2) is 75.4 Å². The molecule has 154 valence electrons. The predicted octanol–water partition coefficient (Wildman–Crippen LogP) is 0.0182. The molecule has 0 aliphatic carbocycles. The normalized spacial score (nSPS) is 14.3. The molecule has 9 heteroatoms. The molecule has 0 aromatic heterocycles. The number of ether oxygens (including phenoxy) is 3. The van der Waals surface area contributed by atoms with E-state index in [2.05, 4.69) is 10.9 Å². The fraction of sp³-hybridized carbons (Fsp3) is 0.722. The van der Waals surface area contributed by atoms with Gasteiger partial charge in [-0.1, -0.05) is 20.8 Å². The zero-order valence-corrected chi connectivity index (χ0v) is 16.4. The number of nitrogens with one attached hydrogen (secondary N) is 2. The summed E-state index contributed by atoms with van der Waals surface area (Å²) in [5.41, 5.74) is 5.11. The molecule has 0 aromatic rings. The Kier molecular flexibility index (Phi) is 10.8. The van der Waals surface area contributed by atoms with E-state index in [9.17, 15) is 14.4 Å². The second kappa shape index (κ2) is 12.6. The van der Waals surface area contributed by atoms with Crippen LogP contribution in [0.25, 0.3) is 0 Å². The highest BCUT2D eigenvalue weighted by molar-refractivity contribution is 6.12. The lowest BCUT2D eigenvalue weighted by molar-refractivity contribution is -0.137. The molecule has 1 aliphatic heterocycles.